The van der Waals surface area contributed by atoms with E-state index < -0.39 is 0 Å². The van der Waals surface area contributed by atoms with Crippen molar-refractivity contribution >= 4 is 17.7 Å². The van der Waals surface area contributed by atoms with Gasteiger partial charge in [0.15, 0.2) is 11.0 Å². The first kappa shape index (κ1) is 16.3. The van der Waals surface area contributed by atoms with E-state index in [9.17, 15) is 4.79 Å². The largest absolute Gasteiger partial charge is 0.465 e. The van der Waals surface area contributed by atoms with Gasteiger partial charge in [0.05, 0.1) is 12.4 Å². The summed E-state index contributed by atoms with van der Waals surface area (Å²) in [5.74, 6) is 0.688. The SMILES string of the molecule is CCOC(=O)CSc1nnc(-c2ccccc2)n1-c1ccccc1. The molecule has 24 heavy (non-hydrogen) atoms. The number of nitrogens with zero attached hydrogens (tertiary/aromatic N) is 3. The standard InChI is InChI=1S/C18H17N3O2S/c1-2-23-16(22)13-24-18-20-19-17(14-9-5-3-6-10-14)21(18)15-11-7-4-8-12-15/h3-12H,2,13H2,1H3. The maximum Gasteiger partial charge on any atom is 0.316 e. The molecule has 0 aliphatic heterocycles. The number of rotatable bonds is 6. The number of ether oxygens (including phenoxy) is 1. The Hall–Kier alpha value is -2.60. The average molecular weight is 339 g/mol. The van der Waals surface area contributed by atoms with Gasteiger partial charge in [0.2, 0.25) is 0 Å². The highest BCUT2D eigenvalue weighted by molar-refractivity contribution is 7.99. The second-order valence-electron chi connectivity index (χ2n) is 4.94. The molecule has 0 N–H and O–H groups in total. The fourth-order valence-corrected chi connectivity index (χ4v) is 3.02. The molecule has 3 rings (SSSR count). The van der Waals surface area contributed by atoms with E-state index in [2.05, 4.69) is 10.2 Å². The molecule has 0 spiro atoms. The number of benzene rings is 2. The minimum absolute atomic E-state index is 0.202. The third-order valence-electron chi connectivity index (χ3n) is 3.30. The molecule has 0 aliphatic rings. The Morgan fingerprint density at radius 1 is 1.04 bits per heavy atom. The smallest absolute Gasteiger partial charge is 0.316 e. The predicted octanol–water partition coefficient (Wildman–Crippen LogP) is 3.59. The van der Waals surface area contributed by atoms with Crippen molar-refractivity contribution in [1.82, 2.24) is 14.8 Å². The summed E-state index contributed by atoms with van der Waals surface area (Å²) in [6, 6.07) is 19.7. The predicted molar refractivity (Wildman–Crippen MR) is 94.2 cm³/mol. The fourth-order valence-electron chi connectivity index (χ4n) is 2.27. The van der Waals surface area contributed by atoms with E-state index in [1.165, 1.54) is 11.8 Å². The molecular weight excluding hydrogens is 322 g/mol. The number of carbonyl (C=O) groups is 1. The maximum absolute atomic E-state index is 11.6. The molecule has 122 valence electrons. The fraction of sp³-hybridized carbons (Fsp3) is 0.167. The third-order valence-corrected chi connectivity index (χ3v) is 4.21. The first-order valence-electron chi connectivity index (χ1n) is 7.64. The second kappa shape index (κ2) is 7.79. The Morgan fingerprint density at radius 2 is 1.71 bits per heavy atom. The van der Waals surface area contributed by atoms with Crippen LogP contribution in [-0.4, -0.2) is 33.1 Å². The molecule has 0 unspecified atom stereocenters. The molecule has 0 atom stereocenters. The lowest BCUT2D eigenvalue weighted by Gasteiger charge is -2.10. The van der Waals surface area contributed by atoms with Crippen LogP contribution in [0.25, 0.3) is 17.1 Å². The van der Waals surface area contributed by atoms with Gasteiger partial charge in [-0.05, 0) is 19.1 Å². The molecule has 0 saturated heterocycles. The van der Waals surface area contributed by atoms with Crippen LogP contribution < -0.4 is 0 Å². The van der Waals surface area contributed by atoms with Gasteiger partial charge in [0.25, 0.3) is 0 Å². The normalized spacial score (nSPS) is 10.5. The van der Waals surface area contributed by atoms with Gasteiger partial charge in [-0.3, -0.25) is 9.36 Å². The zero-order chi connectivity index (χ0) is 16.8. The van der Waals surface area contributed by atoms with Gasteiger partial charge >= 0.3 is 5.97 Å². The van der Waals surface area contributed by atoms with Crippen LogP contribution in [0.4, 0.5) is 0 Å². The first-order valence-corrected chi connectivity index (χ1v) is 8.63. The summed E-state index contributed by atoms with van der Waals surface area (Å²) < 4.78 is 6.94. The van der Waals surface area contributed by atoms with Crippen LogP contribution in [0.15, 0.2) is 65.8 Å². The average Bonchev–Trinajstić information content (AvgIpc) is 3.06. The van der Waals surface area contributed by atoms with E-state index in [1.54, 1.807) is 6.92 Å². The third kappa shape index (κ3) is 3.65. The number of hydrogen-bond acceptors (Lipinski definition) is 5. The second-order valence-corrected chi connectivity index (χ2v) is 5.88. The van der Waals surface area contributed by atoms with E-state index in [0.717, 1.165) is 17.1 Å². The van der Waals surface area contributed by atoms with Crippen LogP contribution in [0.5, 0.6) is 0 Å². The lowest BCUT2D eigenvalue weighted by molar-refractivity contribution is -0.139. The quantitative estimate of drug-likeness (QED) is 0.507. The van der Waals surface area contributed by atoms with Gasteiger partial charge in [-0.25, -0.2) is 0 Å². The highest BCUT2D eigenvalue weighted by atomic mass is 32.2. The van der Waals surface area contributed by atoms with Gasteiger partial charge < -0.3 is 4.74 Å². The van der Waals surface area contributed by atoms with E-state index in [-0.39, 0.29) is 11.7 Å². The minimum atomic E-state index is -0.258. The molecule has 1 heterocycles. The monoisotopic (exact) mass is 339 g/mol. The number of hydrogen-bond donors (Lipinski definition) is 0. The Balaban J connectivity index is 1.98. The molecule has 0 fully saturated rings. The molecule has 0 radical (unpaired) electrons. The summed E-state index contributed by atoms with van der Waals surface area (Å²) in [6.07, 6.45) is 0. The molecule has 5 nitrogen and oxygen atoms in total. The van der Waals surface area contributed by atoms with Crippen molar-refractivity contribution < 1.29 is 9.53 Å². The van der Waals surface area contributed by atoms with E-state index in [0.29, 0.717) is 11.8 Å². The van der Waals surface area contributed by atoms with Crippen molar-refractivity contribution in [2.24, 2.45) is 0 Å². The van der Waals surface area contributed by atoms with Crippen LogP contribution in [-0.2, 0) is 9.53 Å². The Labute approximate surface area is 144 Å². The Morgan fingerprint density at radius 3 is 2.38 bits per heavy atom. The Bertz CT molecular complexity index is 804. The molecule has 6 heteroatoms. The van der Waals surface area contributed by atoms with Crippen LogP contribution >= 0.6 is 11.8 Å². The van der Waals surface area contributed by atoms with Crippen molar-refractivity contribution in [2.45, 2.75) is 12.1 Å². The van der Waals surface area contributed by atoms with Crippen molar-refractivity contribution in [3.8, 4) is 17.1 Å². The minimum Gasteiger partial charge on any atom is -0.465 e. The molecule has 1 aromatic heterocycles. The number of carbonyl (C=O) groups excluding carboxylic acids is 1. The number of esters is 1. The number of thioether (sulfide) groups is 1. The zero-order valence-electron chi connectivity index (χ0n) is 13.3. The highest BCUT2D eigenvalue weighted by Gasteiger charge is 2.17. The summed E-state index contributed by atoms with van der Waals surface area (Å²) in [5.41, 5.74) is 1.92. The van der Waals surface area contributed by atoms with E-state index >= 15 is 0 Å². The lowest BCUT2D eigenvalue weighted by Crippen LogP contribution is -2.08. The maximum atomic E-state index is 11.6. The van der Waals surface area contributed by atoms with Crippen LogP contribution in [0, 0.1) is 0 Å². The van der Waals surface area contributed by atoms with E-state index in [1.807, 2.05) is 65.2 Å². The molecule has 0 bridgehead atoms. The summed E-state index contributed by atoms with van der Waals surface area (Å²) in [6.45, 7) is 2.17. The molecule has 0 saturated carbocycles. The van der Waals surface area contributed by atoms with Gasteiger partial charge in [0.1, 0.15) is 0 Å². The zero-order valence-corrected chi connectivity index (χ0v) is 14.1. The molecule has 2 aromatic carbocycles. The van der Waals surface area contributed by atoms with Gasteiger partial charge in [-0.15, -0.1) is 10.2 Å². The lowest BCUT2D eigenvalue weighted by atomic mass is 10.2. The van der Waals surface area contributed by atoms with Gasteiger partial charge in [-0.2, -0.15) is 0 Å². The summed E-state index contributed by atoms with van der Waals surface area (Å²) in [5, 5.41) is 9.26. The topological polar surface area (TPSA) is 57.0 Å². The van der Waals surface area contributed by atoms with Gasteiger partial charge in [0, 0.05) is 11.3 Å². The molecule has 0 amide bonds. The summed E-state index contributed by atoms with van der Waals surface area (Å²) in [7, 11) is 0. The van der Waals surface area contributed by atoms with Gasteiger partial charge in [-0.1, -0.05) is 60.3 Å². The van der Waals surface area contributed by atoms with Crippen molar-refractivity contribution in [2.75, 3.05) is 12.4 Å². The van der Waals surface area contributed by atoms with Crippen molar-refractivity contribution in [3.63, 3.8) is 0 Å². The molecule has 3 aromatic rings. The number of para-hydroxylation sites is 1. The summed E-state index contributed by atoms with van der Waals surface area (Å²) >= 11 is 1.32. The van der Waals surface area contributed by atoms with Crippen molar-refractivity contribution in [1.29, 1.82) is 0 Å². The molecule has 0 aliphatic carbocycles. The van der Waals surface area contributed by atoms with Crippen LogP contribution in [0.1, 0.15) is 6.92 Å². The Kier molecular flexibility index (Phi) is 5.28. The number of aromatic nitrogens is 3. The van der Waals surface area contributed by atoms with E-state index in [4.69, 9.17) is 4.74 Å². The summed E-state index contributed by atoms with van der Waals surface area (Å²) in [4.78, 5) is 11.6. The van der Waals surface area contributed by atoms with Crippen molar-refractivity contribution in [3.05, 3.63) is 60.7 Å². The van der Waals surface area contributed by atoms with Crippen LogP contribution in [0.3, 0.4) is 0 Å². The first-order chi connectivity index (χ1) is 11.8. The van der Waals surface area contributed by atoms with Crippen LogP contribution in [0.2, 0.25) is 0 Å². The molecular formula is C18H17N3O2S. The highest BCUT2D eigenvalue weighted by Crippen LogP contribution is 2.27.